The molecule has 1 rings (SSSR count). The molecule has 2 unspecified atom stereocenters. The van der Waals surface area contributed by atoms with Crippen LogP contribution in [0.15, 0.2) is 0 Å². The van der Waals surface area contributed by atoms with E-state index < -0.39 is 30.4 Å². The number of aliphatic hydroxyl groups excluding tert-OH is 4. The van der Waals surface area contributed by atoms with E-state index in [0.717, 1.165) is 12.8 Å². The molecule has 0 radical (unpaired) electrons. The summed E-state index contributed by atoms with van der Waals surface area (Å²) in [5.41, 5.74) is 0. The van der Waals surface area contributed by atoms with Crippen LogP contribution in [-0.2, 0) is 0 Å². The average molecular weight is 219 g/mol. The molecule has 1 heterocycles. The molecule has 1 saturated heterocycles. The van der Waals surface area contributed by atoms with Gasteiger partial charge in [-0.05, 0) is 6.42 Å². The predicted octanol–water partition coefficient (Wildman–Crippen LogP) is -1.41. The first-order valence-electron chi connectivity index (χ1n) is 5.53. The summed E-state index contributed by atoms with van der Waals surface area (Å²) < 4.78 is 0. The van der Waals surface area contributed by atoms with Crippen molar-refractivity contribution in [3.05, 3.63) is 0 Å². The van der Waals surface area contributed by atoms with E-state index in [-0.39, 0.29) is 6.61 Å². The molecule has 0 aliphatic carbocycles. The first-order valence-corrected chi connectivity index (χ1v) is 5.53. The van der Waals surface area contributed by atoms with Gasteiger partial charge in [-0.15, -0.1) is 0 Å². The van der Waals surface area contributed by atoms with Crippen LogP contribution >= 0.6 is 0 Å². The fourth-order valence-electron chi connectivity index (χ4n) is 1.99. The number of aliphatic hydroxyl groups is 4. The maximum Gasteiger partial charge on any atom is 0.0993 e. The molecule has 0 amide bonds. The minimum atomic E-state index is -1.01. The zero-order valence-electron chi connectivity index (χ0n) is 9.00. The third-order valence-corrected chi connectivity index (χ3v) is 3.00. The molecule has 0 bridgehead atoms. The Bertz CT molecular complexity index is 190. The molecule has 5 N–H and O–H groups in total. The third-order valence-electron chi connectivity index (χ3n) is 3.00. The van der Waals surface area contributed by atoms with E-state index in [9.17, 15) is 15.3 Å². The predicted molar refractivity (Wildman–Crippen MR) is 55.3 cm³/mol. The van der Waals surface area contributed by atoms with Crippen molar-refractivity contribution in [3.63, 3.8) is 0 Å². The van der Waals surface area contributed by atoms with Gasteiger partial charge in [0.25, 0.3) is 0 Å². The van der Waals surface area contributed by atoms with Crippen molar-refractivity contribution in [3.8, 4) is 0 Å². The van der Waals surface area contributed by atoms with Crippen molar-refractivity contribution in [2.75, 3.05) is 6.61 Å². The van der Waals surface area contributed by atoms with Gasteiger partial charge in [-0.1, -0.05) is 19.8 Å². The molecule has 90 valence electrons. The molecule has 5 atom stereocenters. The van der Waals surface area contributed by atoms with E-state index in [1.54, 1.807) is 0 Å². The molecule has 1 fully saturated rings. The van der Waals surface area contributed by atoms with E-state index in [1.807, 2.05) is 6.92 Å². The summed E-state index contributed by atoms with van der Waals surface area (Å²) in [5, 5.41) is 40.7. The number of rotatable bonds is 5. The maximum atomic E-state index is 9.77. The van der Waals surface area contributed by atoms with Gasteiger partial charge >= 0.3 is 0 Å². The lowest BCUT2D eigenvalue weighted by Crippen LogP contribution is -2.44. The minimum absolute atomic E-state index is 0.241. The molecule has 15 heavy (non-hydrogen) atoms. The van der Waals surface area contributed by atoms with Crippen molar-refractivity contribution in [1.29, 1.82) is 0 Å². The Hall–Kier alpha value is -0.200. The van der Waals surface area contributed by atoms with Gasteiger partial charge < -0.3 is 25.7 Å². The summed E-state index contributed by atoms with van der Waals surface area (Å²) in [6, 6.07) is -1.08. The Morgan fingerprint density at radius 1 is 1.27 bits per heavy atom. The second-order valence-electron chi connectivity index (χ2n) is 4.17. The van der Waals surface area contributed by atoms with Crippen LogP contribution in [0.1, 0.15) is 26.2 Å². The SMILES string of the molecule is CCCCC(O)C1N[C@H](CO)[C@@H](O)[C@@H]1O. The lowest BCUT2D eigenvalue weighted by Gasteiger charge is -2.21. The number of nitrogens with one attached hydrogen (secondary N) is 1. The molecule has 0 aromatic carbocycles. The summed E-state index contributed by atoms with van der Waals surface area (Å²) >= 11 is 0. The first-order chi connectivity index (χ1) is 7.11. The lowest BCUT2D eigenvalue weighted by molar-refractivity contribution is -0.00435. The Morgan fingerprint density at radius 3 is 2.40 bits per heavy atom. The van der Waals surface area contributed by atoms with Crippen molar-refractivity contribution in [1.82, 2.24) is 5.32 Å². The molecule has 1 aliphatic heterocycles. The highest BCUT2D eigenvalue weighted by Gasteiger charge is 2.43. The van der Waals surface area contributed by atoms with E-state index in [2.05, 4.69) is 5.32 Å². The van der Waals surface area contributed by atoms with Crippen LogP contribution < -0.4 is 5.32 Å². The van der Waals surface area contributed by atoms with Crippen LogP contribution in [0.4, 0.5) is 0 Å². The van der Waals surface area contributed by atoms with E-state index >= 15 is 0 Å². The molecular formula is C10H21NO4. The molecule has 0 spiro atoms. The Kier molecular flexibility index (Phi) is 4.95. The monoisotopic (exact) mass is 219 g/mol. The summed E-state index contributed by atoms with van der Waals surface area (Å²) in [7, 11) is 0. The second kappa shape index (κ2) is 5.77. The van der Waals surface area contributed by atoms with E-state index in [4.69, 9.17) is 5.11 Å². The Balaban J connectivity index is 2.48. The molecule has 0 aromatic heterocycles. The average Bonchev–Trinajstić information content (AvgIpc) is 2.52. The third kappa shape index (κ3) is 2.89. The van der Waals surface area contributed by atoms with Gasteiger partial charge in [0.15, 0.2) is 0 Å². The van der Waals surface area contributed by atoms with Crippen LogP contribution in [0.5, 0.6) is 0 Å². The van der Waals surface area contributed by atoms with E-state index in [1.165, 1.54) is 0 Å². The van der Waals surface area contributed by atoms with Crippen LogP contribution in [-0.4, -0.2) is 57.4 Å². The highest BCUT2D eigenvalue weighted by atomic mass is 16.3. The maximum absolute atomic E-state index is 9.77. The topological polar surface area (TPSA) is 93.0 Å². The van der Waals surface area contributed by atoms with Crippen LogP contribution in [0.2, 0.25) is 0 Å². The van der Waals surface area contributed by atoms with Gasteiger partial charge in [0.1, 0.15) is 0 Å². The summed E-state index contributed by atoms with van der Waals surface area (Å²) in [4.78, 5) is 0. The van der Waals surface area contributed by atoms with Crippen molar-refractivity contribution in [2.24, 2.45) is 0 Å². The van der Waals surface area contributed by atoms with Crippen molar-refractivity contribution < 1.29 is 20.4 Å². The lowest BCUT2D eigenvalue weighted by atomic mass is 10.00. The summed E-state index contributed by atoms with van der Waals surface area (Å²) in [6.07, 6.45) is -0.232. The van der Waals surface area contributed by atoms with Crippen molar-refractivity contribution in [2.45, 2.75) is 56.6 Å². The highest BCUT2D eigenvalue weighted by molar-refractivity contribution is 5.00. The molecular weight excluding hydrogens is 198 g/mol. The van der Waals surface area contributed by atoms with Crippen LogP contribution in [0.3, 0.4) is 0 Å². The van der Waals surface area contributed by atoms with Crippen LogP contribution in [0.25, 0.3) is 0 Å². The largest absolute Gasteiger partial charge is 0.395 e. The normalized spacial score (nSPS) is 38.2. The number of unbranched alkanes of at least 4 members (excludes halogenated alkanes) is 1. The van der Waals surface area contributed by atoms with Gasteiger partial charge in [0.05, 0.1) is 37.0 Å². The van der Waals surface area contributed by atoms with Gasteiger partial charge in [-0.25, -0.2) is 0 Å². The van der Waals surface area contributed by atoms with Gasteiger partial charge in [0.2, 0.25) is 0 Å². The fourth-order valence-corrected chi connectivity index (χ4v) is 1.99. The van der Waals surface area contributed by atoms with E-state index in [0.29, 0.717) is 6.42 Å². The standard InChI is InChI=1S/C10H21NO4/c1-2-3-4-7(13)8-10(15)9(14)6(5-12)11-8/h6-15H,2-5H2,1H3/t6-,7?,8?,9-,10-/m1/s1. The minimum Gasteiger partial charge on any atom is -0.395 e. The van der Waals surface area contributed by atoms with Gasteiger partial charge in [0, 0.05) is 0 Å². The number of hydrogen-bond donors (Lipinski definition) is 5. The molecule has 5 nitrogen and oxygen atoms in total. The zero-order valence-corrected chi connectivity index (χ0v) is 9.00. The zero-order chi connectivity index (χ0) is 11.4. The molecule has 0 aromatic rings. The quantitative estimate of drug-likeness (QED) is 0.392. The van der Waals surface area contributed by atoms with Crippen LogP contribution in [0, 0.1) is 0 Å². The Morgan fingerprint density at radius 2 is 1.93 bits per heavy atom. The smallest absolute Gasteiger partial charge is 0.0993 e. The molecule has 1 aliphatic rings. The highest BCUT2D eigenvalue weighted by Crippen LogP contribution is 2.19. The van der Waals surface area contributed by atoms with Crippen molar-refractivity contribution >= 4 is 0 Å². The molecule has 0 saturated carbocycles. The number of hydrogen-bond acceptors (Lipinski definition) is 5. The summed E-state index contributed by atoms with van der Waals surface area (Å²) in [5.74, 6) is 0. The second-order valence-corrected chi connectivity index (χ2v) is 4.17. The van der Waals surface area contributed by atoms with Gasteiger partial charge in [-0.2, -0.15) is 0 Å². The molecule has 5 heteroatoms. The first kappa shape index (κ1) is 12.9. The van der Waals surface area contributed by atoms with Gasteiger partial charge in [-0.3, -0.25) is 0 Å². The fraction of sp³-hybridized carbons (Fsp3) is 1.00. The summed E-state index contributed by atoms with van der Waals surface area (Å²) in [6.45, 7) is 1.78. The Labute approximate surface area is 89.7 Å².